The summed E-state index contributed by atoms with van der Waals surface area (Å²) in [5.74, 6) is 0.618. The molecule has 1 aromatic heterocycles. The molecule has 0 atom stereocenters. The van der Waals surface area contributed by atoms with E-state index in [2.05, 4.69) is 193 Å². The van der Waals surface area contributed by atoms with E-state index in [-0.39, 0.29) is 0 Å². The number of oxazole rings is 1. The van der Waals surface area contributed by atoms with Gasteiger partial charge in [0.25, 0.3) is 0 Å². The van der Waals surface area contributed by atoms with Crippen LogP contribution in [0.15, 0.2) is 223 Å². The summed E-state index contributed by atoms with van der Waals surface area (Å²) in [5, 5.41) is 6.97. The average molecular weight is 741 g/mol. The molecule has 10 aromatic carbocycles. The maximum atomic E-state index is 6.56. The predicted molar refractivity (Wildman–Crippen MR) is 243 cm³/mol. The highest BCUT2D eigenvalue weighted by atomic mass is 16.3. The van der Waals surface area contributed by atoms with E-state index >= 15 is 0 Å². The lowest BCUT2D eigenvalue weighted by atomic mass is 9.92. The van der Waals surface area contributed by atoms with Crippen LogP contribution in [0.2, 0.25) is 0 Å². The van der Waals surface area contributed by atoms with Gasteiger partial charge >= 0.3 is 0 Å². The summed E-state index contributed by atoms with van der Waals surface area (Å²) in [7, 11) is 0. The minimum atomic E-state index is 0.618. The van der Waals surface area contributed by atoms with Crippen LogP contribution in [0, 0.1) is 0 Å². The van der Waals surface area contributed by atoms with Crippen LogP contribution in [-0.4, -0.2) is 4.98 Å². The molecule has 0 radical (unpaired) electrons. The van der Waals surface area contributed by atoms with Gasteiger partial charge in [0.2, 0.25) is 5.89 Å². The molecule has 0 bridgehead atoms. The van der Waals surface area contributed by atoms with Gasteiger partial charge in [-0.1, -0.05) is 164 Å². The van der Waals surface area contributed by atoms with Crippen LogP contribution < -0.4 is 4.90 Å². The topological polar surface area (TPSA) is 29.3 Å². The van der Waals surface area contributed by atoms with E-state index in [1.165, 1.54) is 32.8 Å². The minimum absolute atomic E-state index is 0.618. The third-order valence-corrected chi connectivity index (χ3v) is 11.3. The molecular formula is C55H36N2O. The number of aromatic nitrogens is 1. The lowest BCUT2D eigenvalue weighted by Gasteiger charge is -2.28. The Hall–Kier alpha value is -7.75. The van der Waals surface area contributed by atoms with Gasteiger partial charge in [0.15, 0.2) is 5.58 Å². The molecular weight excluding hydrogens is 705 g/mol. The molecule has 11 aromatic rings. The van der Waals surface area contributed by atoms with E-state index in [0.29, 0.717) is 5.89 Å². The largest absolute Gasteiger partial charge is 0.436 e. The Balaban J connectivity index is 1.14. The summed E-state index contributed by atoms with van der Waals surface area (Å²) in [6.45, 7) is 0. The standard InChI is InChI=1S/C55H36N2O/c1-3-15-37(16-4-1)38-29-31-43(32-30-38)57(44-23-13-22-42(33-44)47-28-14-21-39-17-7-9-24-46(39)47)45-34-41-20-8-10-25-48(41)51(35-45)52-36-53-54(50-27-12-11-26-49(50)52)56-55(58-53)40-18-5-2-6-19-40/h1-36H. The molecule has 0 aliphatic heterocycles. The molecule has 0 aliphatic carbocycles. The fourth-order valence-electron chi connectivity index (χ4n) is 8.50. The van der Waals surface area contributed by atoms with Gasteiger partial charge in [-0.3, -0.25) is 0 Å². The quantitative estimate of drug-likeness (QED) is 0.163. The zero-order valence-electron chi connectivity index (χ0n) is 31.6. The van der Waals surface area contributed by atoms with Crippen molar-refractivity contribution in [3.63, 3.8) is 0 Å². The van der Waals surface area contributed by atoms with Crippen molar-refractivity contribution < 1.29 is 4.42 Å². The number of nitrogens with zero attached hydrogens (tertiary/aromatic N) is 2. The lowest BCUT2D eigenvalue weighted by Crippen LogP contribution is -2.10. The van der Waals surface area contributed by atoms with Gasteiger partial charge < -0.3 is 9.32 Å². The Morgan fingerprint density at radius 3 is 1.67 bits per heavy atom. The first kappa shape index (κ1) is 33.6. The Kier molecular flexibility index (Phi) is 8.15. The molecule has 11 rings (SSSR count). The van der Waals surface area contributed by atoms with Gasteiger partial charge in [0.05, 0.1) is 0 Å². The highest BCUT2D eigenvalue weighted by molar-refractivity contribution is 6.15. The van der Waals surface area contributed by atoms with Gasteiger partial charge in [-0.25, -0.2) is 4.98 Å². The second-order valence-corrected chi connectivity index (χ2v) is 14.7. The molecule has 0 fully saturated rings. The summed E-state index contributed by atoms with van der Waals surface area (Å²) in [5.41, 5.74) is 12.7. The Morgan fingerprint density at radius 1 is 0.328 bits per heavy atom. The van der Waals surface area contributed by atoms with Crippen LogP contribution in [0.4, 0.5) is 17.1 Å². The van der Waals surface area contributed by atoms with Crippen LogP contribution in [-0.2, 0) is 0 Å². The van der Waals surface area contributed by atoms with Gasteiger partial charge in [-0.2, -0.15) is 0 Å². The monoisotopic (exact) mass is 740 g/mol. The molecule has 0 amide bonds. The van der Waals surface area contributed by atoms with Gasteiger partial charge in [-0.15, -0.1) is 0 Å². The molecule has 3 nitrogen and oxygen atoms in total. The minimum Gasteiger partial charge on any atom is -0.436 e. The van der Waals surface area contributed by atoms with Crippen LogP contribution in [0.3, 0.4) is 0 Å². The van der Waals surface area contributed by atoms with Crippen molar-refractivity contribution in [2.24, 2.45) is 0 Å². The zero-order chi connectivity index (χ0) is 38.4. The molecule has 1 heterocycles. The first-order chi connectivity index (χ1) is 28.7. The Bertz CT molecular complexity index is 3270. The van der Waals surface area contributed by atoms with Crippen LogP contribution >= 0.6 is 0 Å². The summed E-state index contributed by atoms with van der Waals surface area (Å²) in [6, 6.07) is 77.8. The van der Waals surface area contributed by atoms with E-state index in [1.54, 1.807) is 0 Å². The number of anilines is 3. The van der Waals surface area contributed by atoms with E-state index in [0.717, 1.165) is 66.6 Å². The SMILES string of the molecule is c1ccc(-c2ccc(N(c3cccc(-c4cccc5ccccc45)c3)c3cc(-c4cc5oc(-c6ccccc6)nc5c5ccccc45)c4ccccc4c3)cc2)cc1. The highest BCUT2D eigenvalue weighted by Gasteiger charge is 2.20. The molecule has 0 spiro atoms. The second kappa shape index (κ2) is 14.1. The molecule has 3 heteroatoms. The van der Waals surface area contributed by atoms with Crippen LogP contribution in [0.25, 0.3) is 88.3 Å². The number of benzene rings is 10. The van der Waals surface area contributed by atoms with Crippen LogP contribution in [0.1, 0.15) is 0 Å². The molecule has 272 valence electrons. The molecule has 0 N–H and O–H groups in total. The third kappa shape index (κ3) is 5.89. The van der Waals surface area contributed by atoms with E-state index in [4.69, 9.17) is 9.40 Å². The predicted octanol–water partition coefficient (Wildman–Crippen LogP) is 15.4. The molecule has 0 saturated carbocycles. The lowest BCUT2D eigenvalue weighted by molar-refractivity contribution is 0.620. The average Bonchev–Trinajstić information content (AvgIpc) is 3.74. The first-order valence-electron chi connectivity index (χ1n) is 19.7. The van der Waals surface area contributed by atoms with Crippen molar-refractivity contribution in [3.05, 3.63) is 218 Å². The molecule has 0 aliphatic rings. The fourth-order valence-corrected chi connectivity index (χ4v) is 8.50. The first-order valence-corrected chi connectivity index (χ1v) is 19.7. The summed E-state index contributed by atoms with van der Waals surface area (Å²) < 4.78 is 6.56. The maximum Gasteiger partial charge on any atom is 0.227 e. The second-order valence-electron chi connectivity index (χ2n) is 14.7. The van der Waals surface area contributed by atoms with Crippen molar-refractivity contribution in [1.82, 2.24) is 4.98 Å². The number of hydrogen-bond donors (Lipinski definition) is 0. The van der Waals surface area contributed by atoms with Crippen LogP contribution in [0.5, 0.6) is 0 Å². The van der Waals surface area contributed by atoms with Crippen molar-refractivity contribution in [2.75, 3.05) is 4.90 Å². The maximum absolute atomic E-state index is 6.56. The Morgan fingerprint density at radius 2 is 0.897 bits per heavy atom. The fraction of sp³-hybridized carbons (Fsp3) is 0. The smallest absolute Gasteiger partial charge is 0.227 e. The molecule has 58 heavy (non-hydrogen) atoms. The van der Waals surface area contributed by atoms with E-state index in [9.17, 15) is 0 Å². The number of fused-ring (bicyclic) bond motifs is 5. The molecule has 0 unspecified atom stereocenters. The van der Waals surface area contributed by atoms with Gasteiger partial charge in [0, 0.05) is 28.0 Å². The van der Waals surface area contributed by atoms with Gasteiger partial charge in [0.1, 0.15) is 5.52 Å². The van der Waals surface area contributed by atoms with Crippen molar-refractivity contribution in [2.45, 2.75) is 0 Å². The number of hydrogen-bond acceptors (Lipinski definition) is 3. The summed E-state index contributed by atoms with van der Waals surface area (Å²) in [6.07, 6.45) is 0. The van der Waals surface area contributed by atoms with Gasteiger partial charge in [-0.05, 0) is 115 Å². The highest BCUT2D eigenvalue weighted by Crippen LogP contribution is 2.45. The van der Waals surface area contributed by atoms with E-state index in [1.807, 2.05) is 30.3 Å². The number of rotatable bonds is 7. The third-order valence-electron chi connectivity index (χ3n) is 11.3. The Labute approximate surface area is 336 Å². The van der Waals surface area contributed by atoms with Crippen molar-refractivity contribution in [3.8, 4) is 44.8 Å². The zero-order valence-corrected chi connectivity index (χ0v) is 31.6. The summed E-state index contributed by atoms with van der Waals surface area (Å²) >= 11 is 0. The molecule has 0 saturated heterocycles. The van der Waals surface area contributed by atoms with E-state index < -0.39 is 0 Å². The normalized spacial score (nSPS) is 11.4. The summed E-state index contributed by atoms with van der Waals surface area (Å²) in [4.78, 5) is 7.43. The van der Waals surface area contributed by atoms with Crippen molar-refractivity contribution >= 4 is 60.5 Å². The van der Waals surface area contributed by atoms with Crippen molar-refractivity contribution in [1.29, 1.82) is 0 Å².